The third-order valence-electron chi connectivity index (χ3n) is 3.06. The summed E-state index contributed by atoms with van der Waals surface area (Å²) in [7, 11) is 3.10. The van der Waals surface area contributed by atoms with E-state index in [1.807, 2.05) is 6.92 Å². The highest BCUT2D eigenvalue weighted by Crippen LogP contribution is 2.29. The van der Waals surface area contributed by atoms with E-state index in [9.17, 15) is 4.79 Å². The van der Waals surface area contributed by atoms with Crippen LogP contribution >= 0.6 is 0 Å². The first kappa shape index (κ1) is 16.5. The van der Waals surface area contributed by atoms with Crippen molar-refractivity contribution >= 4 is 17.5 Å². The number of carbonyl (C=O) groups is 1. The summed E-state index contributed by atoms with van der Waals surface area (Å²) in [5, 5.41) is 5.82. The molecule has 0 saturated heterocycles. The molecule has 0 unspecified atom stereocenters. The number of nitrogens with one attached hydrogen (secondary N) is 2. The van der Waals surface area contributed by atoms with Crippen LogP contribution < -0.4 is 20.1 Å². The normalized spacial score (nSPS) is 10.0. The number of hydrogen-bond donors (Lipinski definition) is 2. The molecule has 2 aromatic rings. The van der Waals surface area contributed by atoms with Crippen LogP contribution in [0.15, 0.2) is 30.5 Å². The summed E-state index contributed by atoms with van der Waals surface area (Å²) in [6, 6.07) is 6.71. The summed E-state index contributed by atoms with van der Waals surface area (Å²) in [6.07, 6.45) is 2.50. The lowest BCUT2D eigenvalue weighted by atomic mass is 10.2. The predicted molar refractivity (Wildman–Crippen MR) is 88.3 cm³/mol. The second kappa shape index (κ2) is 7.98. The van der Waals surface area contributed by atoms with Gasteiger partial charge in [-0.3, -0.25) is 4.79 Å². The van der Waals surface area contributed by atoms with E-state index in [0.717, 1.165) is 13.0 Å². The lowest BCUT2D eigenvalue weighted by molar-refractivity contribution is 0.102. The second-order valence-corrected chi connectivity index (χ2v) is 4.72. The smallest absolute Gasteiger partial charge is 0.274 e. The maximum atomic E-state index is 12.3. The lowest BCUT2D eigenvalue weighted by Crippen LogP contribution is -2.15. The van der Waals surface area contributed by atoms with Crippen LogP contribution in [0.3, 0.4) is 0 Å². The Kier molecular flexibility index (Phi) is 5.74. The number of carbonyl (C=O) groups excluding carboxylic acids is 1. The van der Waals surface area contributed by atoms with E-state index in [2.05, 4.69) is 20.6 Å². The van der Waals surface area contributed by atoms with Crippen molar-refractivity contribution in [2.75, 3.05) is 31.4 Å². The van der Waals surface area contributed by atoms with Gasteiger partial charge in [0.15, 0.2) is 11.5 Å². The molecule has 23 heavy (non-hydrogen) atoms. The van der Waals surface area contributed by atoms with Gasteiger partial charge >= 0.3 is 0 Å². The molecule has 0 aliphatic rings. The Labute approximate surface area is 135 Å². The van der Waals surface area contributed by atoms with Crippen LogP contribution in [0.2, 0.25) is 0 Å². The molecule has 0 spiro atoms. The number of hydrogen-bond acceptors (Lipinski definition) is 6. The van der Waals surface area contributed by atoms with Crippen LogP contribution in [-0.4, -0.2) is 36.6 Å². The van der Waals surface area contributed by atoms with Crippen molar-refractivity contribution in [3.05, 3.63) is 36.2 Å². The SMILES string of the molecule is CCCNc1nccc(C(=O)Nc2ccc(OC)c(OC)c2)n1. The molecule has 0 bridgehead atoms. The van der Waals surface area contributed by atoms with Gasteiger partial charge in [0.25, 0.3) is 5.91 Å². The average molecular weight is 316 g/mol. The van der Waals surface area contributed by atoms with Crippen LogP contribution in [0.4, 0.5) is 11.6 Å². The first-order valence-corrected chi connectivity index (χ1v) is 7.28. The van der Waals surface area contributed by atoms with Crippen molar-refractivity contribution < 1.29 is 14.3 Å². The third kappa shape index (κ3) is 4.32. The van der Waals surface area contributed by atoms with E-state index >= 15 is 0 Å². The molecule has 1 aromatic carbocycles. The molecule has 7 nitrogen and oxygen atoms in total. The number of methoxy groups -OCH3 is 2. The molecule has 0 saturated carbocycles. The van der Waals surface area contributed by atoms with Crippen LogP contribution in [-0.2, 0) is 0 Å². The van der Waals surface area contributed by atoms with E-state index < -0.39 is 0 Å². The Morgan fingerprint density at radius 3 is 2.65 bits per heavy atom. The summed E-state index contributed by atoms with van der Waals surface area (Å²) in [5.74, 6) is 1.25. The molecule has 1 aromatic heterocycles. The maximum absolute atomic E-state index is 12.3. The fourth-order valence-corrected chi connectivity index (χ4v) is 1.92. The number of amides is 1. The van der Waals surface area contributed by atoms with Crippen molar-refractivity contribution in [3.8, 4) is 11.5 Å². The average Bonchev–Trinajstić information content (AvgIpc) is 2.60. The first-order chi connectivity index (χ1) is 11.2. The van der Waals surface area contributed by atoms with Gasteiger partial charge in [0.05, 0.1) is 14.2 Å². The minimum absolute atomic E-state index is 0.286. The van der Waals surface area contributed by atoms with Crippen LogP contribution in [0.1, 0.15) is 23.8 Å². The second-order valence-electron chi connectivity index (χ2n) is 4.72. The number of benzene rings is 1. The molecule has 0 radical (unpaired) electrons. The minimum atomic E-state index is -0.320. The monoisotopic (exact) mass is 316 g/mol. The van der Waals surface area contributed by atoms with Gasteiger partial charge in [-0.1, -0.05) is 6.92 Å². The minimum Gasteiger partial charge on any atom is -0.493 e. The number of anilines is 2. The van der Waals surface area contributed by atoms with Crippen molar-refractivity contribution in [1.29, 1.82) is 0 Å². The standard InChI is InChI=1S/C16H20N4O3/c1-4-8-17-16-18-9-7-12(20-16)15(21)19-11-5-6-13(22-2)14(10-11)23-3/h5-7,9-10H,4,8H2,1-3H3,(H,19,21)(H,17,18,20). The van der Waals surface area contributed by atoms with Gasteiger partial charge in [-0.2, -0.15) is 0 Å². The largest absolute Gasteiger partial charge is 0.493 e. The highest BCUT2D eigenvalue weighted by atomic mass is 16.5. The van der Waals surface area contributed by atoms with Crippen molar-refractivity contribution in [3.63, 3.8) is 0 Å². The van der Waals surface area contributed by atoms with Gasteiger partial charge in [-0.25, -0.2) is 9.97 Å². The maximum Gasteiger partial charge on any atom is 0.274 e. The Bertz CT molecular complexity index is 676. The summed E-state index contributed by atoms with van der Waals surface area (Å²) in [6.45, 7) is 2.79. The molecule has 2 rings (SSSR count). The zero-order chi connectivity index (χ0) is 16.7. The van der Waals surface area contributed by atoms with Crippen molar-refractivity contribution in [2.24, 2.45) is 0 Å². The third-order valence-corrected chi connectivity index (χ3v) is 3.06. The molecular weight excluding hydrogens is 296 g/mol. The van der Waals surface area contributed by atoms with E-state index in [0.29, 0.717) is 23.1 Å². The molecule has 1 heterocycles. The van der Waals surface area contributed by atoms with Gasteiger partial charge in [-0.15, -0.1) is 0 Å². The number of rotatable bonds is 7. The summed E-state index contributed by atoms with van der Waals surface area (Å²) in [5.41, 5.74) is 0.878. The molecule has 1 amide bonds. The van der Waals surface area contributed by atoms with Gasteiger partial charge in [0.2, 0.25) is 5.95 Å². The van der Waals surface area contributed by atoms with E-state index in [1.54, 1.807) is 44.7 Å². The molecule has 7 heteroatoms. The van der Waals surface area contributed by atoms with Gasteiger partial charge in [0, 0.05) is 24.5 Å². The molecule has 2 N–H and O–H groups in total. The summed E-state index contributed by atoms with van der Waals surface area (Å²) < 4.78 is 10.4. The van der Waals surface area contributed by atoms with Gasteiger partial charge in [-0.05, 0) is 24.6 Å². The van der Waals surface area contributed by atoms with Crippen LogP contribution in [0, 0.1) is 0 Å². The van der Waals surface area contributed by atoms with Crippen molar-refractivity contribution in [1.82, 2.24) is 9.97 Å². The van der Waals surface area contributed by atoms with Crippen LogP contribution in [0.25, 0.3) is 0 Å². The molecule has 122 valence electrons. The fraction of sp³-hybridized carbons (Fsp3) is 0.312. The molecule has 0 atom stereocenters. The van der Waals surface area contributed by atoms with E-state index in [-0.39, 0.29) is 11.6 Å². The summed E-state index contributed by atoms with van der Waals surface area (Å²) in [4.78, 5) is 20.6. The Hall–Kier alpha value is -2.83. The first-order valence-electron chi connectivity index (χ1n) is 7.28. The number of nitrogens with zero attached hydrogens (tertiary/aromatic N) is 2. The predicted octanol–water partition coefficient (Wildman–Crippen LogP) is 2.57. The quantitative estimate of drug-likeness (QED) is 0.816. The zero-order valence-electron chi connectivity index (χ0n) is 13.4. The molecule has 0 aliphatic heterocycles. The lowest BCUT2D eigenvalue weighted by Gasteiger charge is -2.10. The Morgan fingerprint density at radius 2 is 1.96 bits per heavy atom. The van der Waals surface area contributed by atoms with Gasteiger partial charge in [0.1, 0.15) is 5.69 Å². The van der Waals surface area contributed by atoms with E-state index in [4.69, 9.17) is 9.47 Å². The topological polar surface area (TPSA) is 85.4 Å². The Morgan fingerprint density at radius 1 is 1.17 bits per heavy atom. The molecule has 0 fully saturated rings. The molecular formula is C16H20N4O3. The van der Waals surface area contributed by atoms with Gasteiger partial charge < -0.3 is 20.1 Å². The summed E-state index contributed by atoms with van der Waals surface area (Å²) >= 11 is 0. The zero-order valence-corrected chi connectivity index (χ0v) is 13.4. The number of aromatic nitrogens is 2. The fourth-order valence-electron chi connectivity index (χ4n) is 1.92. The van der Waals surface area contributed by atoms with E-state index in [1.165, 1.54) is 0 Å². The highest BCUT2D eigenvalue weighted by Gasteiger charge is 2.11. The number of ether oxygens (including phenoxy) is 2. The Balaban J connectivity index is 2.12. The molecule has 0 aliphatic carbocycles. The van der Waals surface area contributed by atoms with Crippen molar-refractivity contribution in [2.45, 2.75) is 13.3 Å². The van der Waals surface area contributed by atoms with Crippen LogP contribution in [0.5, 0.6) is 11.5 Å². The highest BCUT2D eigenvalue weighted by molar-refractivity contribution is 6.03.